The van der Waals surface area contributed by atoms with Gasteiger partial charge in [-0.2, -0.15) is 23.5 Å². The van der Waals surface area contributed by atoms with Gasteiger partial charge in [0.1, 0.15) is 0 Å². The normalized spacial score (nSPS) is 30.1. The summed E-state index contributed by atoms with van der Waals surface area (Å²) in [6.45, 7) is 4.54. The molecule has 1 N–H and O–H groups in total. The monoisotopic (exact) mass is 346 g/mol. The molecular formula is C14H19BrOS2. The maximum absolute atomic E-state index is 10.4. The van der Waals surface area contributed by atoms with Gasteiger partial charge in [-0.15, -0.1) is 0 Å². The van der Waals surface area contributed by atoms with Crippen LogP contribution in [0.2, 0.25) is 0 Å². The van der Waals surface area contributed by atoms with Crippen LogP contribution in [-0.4, -0.2) is 32.7 Å². The minimum absolute atomic E-state index is 0.244. The van der Waals surface area contributed by atoms with Crippen LogP contribution in [0.25, 0.3) is 0 Å². The zero-order valence-corrected chi connectivity index (χ0v) is 13.9. The molecule has 1 aliphatic heterocycles. The molecule has 2 rings (SSSR count). The first kappa shape index (κ1) is 14.8. The Morgan fingerprint density at radius 2 is 2.17 bits per heavy atom. The highest BCUT2D eigenvalue weighted by atomic mass is 79.9. The molecule has 1 aromatic rings. The van der Waals surface area contributed by atoms with E-state index in [9.17, 15) is 5.11 Å². The van der Waals surface area contributed by atoms with Gasteiger partial charge >= 0.3 is 0 Å². The first-order valence-electron chi connectivity index (χ1n) is 6.26. The first-order chi connectivity index (χ1) is 8.56. The molecule has 4 atom stereocenters. The van der Waals surface area contributed by atoms with Crippen LogP contribution in [0.5, 0.6) is 0 Å². The van der Waals surface area contributed by atoms with Crippen molar-refractivity contribution in [1.29, 1.82) is 0 Å². The molecule has 4 unspecified atom stereocenters. The fraction of sp³-hybridized carbons (Fsp3) is 0.571. The average molecular weight is 347 g/mol. The summed E-state index contributed by atoms with van der Waals surface area (Å²) in [5.41, 5.74) is 1.20. The van der Waals surface area contributed by atoms with Gasteiger partial charge in [0.2, 0.25) is 0 Å². The molecule has 1 nitrogen and oxygen atoms in total. The van der Waals surface area contributed by atoms with Crippen LogP contribution in [-0.2, 0) is 6.42 Å². The lowest BCUT2D eigenvalue weighted by atomic mass is 10.1. The highest BCUT2D eigenvalue weighted by Gasteiger charge is 2.30. The summed E-state index contributed by atoms with van der Waals surface area (Å²) < 4.78 is 1.08. The molecule has 0 aliphatic carbocycles. The Morgan fingerprint density at radius 1 is 1.39 bits per heavy atom. The Bertz CT molecular complexity index is 399. The topological polar surface area (TPSA) is 20.2 Å². The summed E-state index contributed by atoms with van der Waals surface area (Å²) in [4.78, 5) is 0. The van der Waals surface area contributed by atoms with E-state index >= 15 is 0 Å². The van der Waals surface area contributed by atoms with E-state index in [0.29, 0.717) is 15.7 Å². The number of rotatable bonds is 3. The van der Waals surface area contributed by atoms with Gasteiger partial charge in [-0.05, 0) is 24.1 Å². The van der Waals surface area contributed by atoms with E-state index in [2.05, 4.69) is 41.9 Å². The van der Waals surface area contributed by atoms with Crippen molar-refractivity contribution in [3.8, 4) is 0 Å². The molecule has 0 aromatic heterocycles. The second kappa shape index (κ2) is 6.69. The number of aliphatic hydroxyl groups excluding tert-OH is 1. The summed E-state index contributed by atoms with van der Waals surface area (Å²) in [6, 6.07) is 8.22. The highest BCUT2D eigenvalue weighted by molar-refractivity contribution is 9.10. The molecule has 0 saturated carbocycles. The smallest absolute Gasteiger partial charge is 0.0707 e. The Labute approximate surface area is 126 Å². The summed E-state index contributed by atoms with van der Waals surface area (Å²) in [5, 5.41) is 12.1. The zero-order chi connectivity index (χ0) is 13.1. The van der Waals surface area contributed by atoms with Crippen LogP contribution in [0.4, 0.5) is 0 Å². The molecule has 18 heavy (non-hydrogen) atoms. The summed E-state index contributed by atoms with van der Waals surface area (Å²) in [6.07, 6.45) is 0.505. The maximum Gasteiger partial charge on any atom is 0.0707 e. The molecule has 1 aromatic carbocycles. The van der Waals surface area contributed by atoms with Crippen molar-refractivity contribution in [2.24, 2.45) is 0 Å². The minimum atomic E-state index is -0.244. The first-order valence-corrected chi connectivity index (χ1v) is 9.04. The van der Waals surface area contributed by atoms with Crippen molar-refractivity contribution in [3.63, 3.8) is 0 Å². The van der Waals surface area contributed by atoms with Crippen LogP contribution < -0.4 is 0 Å². The van der Waals surface area contributed by atoms with Gasteiger partial charge < -0.3 is 5.11 Å². The van der Waals surface area contributed by atoms with E-state index in [1.165, 1.54) is 5.56 Å². The molecule has 100 valence electrons. The van der Waals surface area contributed by atoms with Gasteiger partial charge in [-0.25, -0.2) is 0 Å². The Morgan fingerprint density at radius 3 is 2.83 bits per heavy atom. The van der Waals surface area contributed by atoms with Gasteiger partial charge in [-0.1, -0.05) is 41.9 Å². The van der Waals surface area contributed by atoms with Crippen molar-refractivity contribution >= 4 is 39.5 Å². The molecule has 0 amide bonds. The summed E-state index contributed by atoms with van der Waals surface area (Å²) in [7, 11) is 0. The lowest BCUT2D eigenvalue weighted by Crippen LogP contribution is -2.35. The Kier molecular flexibility index (Phi) is 5.48. The van der Waals surface area contributed by atoms with E-state index in [1.807, 2.05) is 35.7 Å². The number of hydrogen-bond acceptors (Lipinski definition) is 3. The van der Waals surface area contributed by atoms with Crippen LogP contribution in [0.15, 0.2) is 28.7 Å². The maximum atomic E-state index is 10.4. The van der Waals surface area contributed by atoms with Gasteiger partial charge in [0, 0.05) is 26.0 Å². The predicted molar refractivity (Wildman–Crippen MR) is 86.6 cm³/mol. The fourth-order valence-corrected chi connectivity index (χ4v) is 5.51. The van der Waals surface area contributed by atoms with E-state index in [4.69, 9.17) is 0 Å². The van der Waals surface area contributed by atoms with Crippen molar-refractivity contribution in [3.05, 3.63) is 34.3 Å². The number of thioether (sulfide) groups is 2. The van der Waals surface area contributed by atoms with E-state index in [1.54, 1.807) is 0 Å². The Hall–Kier alpha value is 0.360. The molecule has 0 radical (unpaired) electrons. The van der Waals surface area contributed by atoms with E-state index in [0.717, 1.165) is 16.6 Å². The number of halogens is 1. The van der Waals surface area contributed by atoms with Crippen molar-refractivity contribution in [1.82, 2.24) is 0 Å². The van der Waals surface area contributed by atoms with Gasteiger partial charge in [0.05, 0.1) is 6.10 Å². The van der Waals surface area contributed by atoms with Crippen molar-refractivity contribution < 1.29 is 5.11 Å². The van der Waals surface area contributed by atoms with Crippen molar-refractivity contribution in [2.45, 2.75) is 42.1 Å². The molecule has 1 fully saturated rings. The minimum Gasteiger partial charge on any atom is -0.392 e. The van der Waals surface area contributed by atoms with E-state index in [-0.39, 0.29) is 6.10 Å². The highest BCUT2D eigenvalue weighted by Crippen LogP contribution is 2.37. The fourth-order valence-electron chi connectivity index (χ4n) is 2.05. The second-order valence-electron chi connectivity index (χ2n) is 4.82. The second-order valence-corrected chi connectivity index (χ2v) is 8.77. The van der Waals surface area contributed by atoms with Gasteiger partial charge in [0.25, 0.3) is 0 Å². The molecule has 0 bridgehead atoms. The van der Waals surface area contributed by atoms with Crippen LogP contribution >= 0.6 is 39.5 Å². The molecule has 0 spiro atoms. The molecule has 1 saturated heterocycles. The van der Waals surface area contributed by atoms with Crippen LogP contribution in [0.3, 0.4) is 0 Å². The molecule has 4 heteroatoms. The number of benzene rings is 1. The third-order valence-electron chi connectivity index (χ3n) is 3.34. The lowest BCUT2D eigenvalue weighted by molar-refractivity contribution is 0.177. The van der Waals surface area contributed by atoms with Gasteiger partial charge in [0.15, 0.2) is 0 Å². The SMILES string of the molecule is CC1SCC(C(O)Cc2cccc(Br)c2)SC1C. The molecule has 1 aliphatic rings. The van der Waals surface area contributed by atoms with Gasteiger partial charge in [-0.3, -0.25) is 0 Å². The number of aliphatic hydroxyl groups is 1. The molecular weight excluding hydrogens is 328 g/mol. The summed E-state index contributed by atoms with van der Waals surface area (Å²) >= 11 is 7.40. The third kappa shape index (κ3) is 3.92. The largest absolute Gasteiger partial charge is 0.392 e. The lowest BCUT2D eigenvalue weighted by Gasteiger charge is -2.33. The summed E-state index contributed by atoms with van der Waals surface area (Å²) in [5.74, 6) is 1.06. The van der Waals surface area contributed by atoms with Crippen LogP contribution in [0.1, 0.15) is 19.4 Å². The van der Waals surface area contributed by atoms with Crippen molar-refractivity contribution in [2.75, 3.05) is 5.75 Å². The molecule has 1 heterocycles. The third-order valence-corrected chi connectivity index (χ3v) is 7.37. The predicted octanol–water partition coefficient (Wildman–Crippen LogP) is 3.98. The zero-order valence-electron chi connectivity index (χ0n) is 10.7. The average Bonchev–Trinajstić information content (AvgIpc) is 2.32. The van der Waals surface area contributed by atoms with E-state index < -0.39 is 0 Å². The number of hydrogen-bond donors (Lipinski definition) is 1. The quantitative estimate of drug-likeness (QED) is 0.893. The Balaban J connectivity index is 1.94. The standard InChI is InChI=1S/C14H19BrOS2/c1-9-10(2)18-14(8-17-9)13(16)7-11-4-3-5-12(15)6-11/h3-6,9-10,13-14,16H,7-8H2,1-2H3. The van der Waals surface area contributed by atoms with Crippen LogP contribution in [0, 0.1) is 0 Å².